The van der Waals surface area contributed by atoms with E-state index < -0.39 is 0 Å². The molecule has 0 aliphatic heterocycles. The SMILES string of the molecule is Cc1nc(Oc2cccnc2C)ncc1CO. The average Bonchev–Trinajstić information content (AvgIpc) is 2.32. The molecule has 2 heterocycles. The van der Waals surface area contributed by atoms with Crippen molar-refractivity contribution in [3.05, 3.63) is 41.5 Å². The third-order valence-electron chi connectivity index (χ3n) is 2.39. The van der Waals surface area contributed by atoms with Crippen LogP contribution in [0.4, 0.5) is 0 Å². The molecule has 0 bridgehead atoms. The van der Waals surface area contributed by atoms with Gasteiger partial charge in [0.25, 0.3) is 0 Å². The lowest BCUT2D eigenvalue weighted by atomic mass is 10.3. The van der Waals surface area contributed by atoms with E-state index in [2.05, 4.69) is 15.0 Å². The minimum atomic E-state index is -0.0714. The molecule has 0 spiro atoms. The van der Waals surface area contributed by atoms with Gasteiger partial charge in [0.15, 0.2) is 5.75 Å². The molecule has 0 aromatic carbocycles. The molecule has 1 N–H and O–H groups in total. The van der Waals surface area contributed by atoms with E-state index in [1.165, 1.54) is 0 Å². The van der Waals surface area contributed by atoms with Gasteiger partial charge in [-0.05, 0) is 26.0 Å². The summed E-state index contributed by atoms with van der Waals surface area (Å²) < 4.78 is 5.52. The standard InChI is InChI=1S/C12H13N3O2/c1-8-10(7-16)6-14-12(15-8)17-11-4-3-5-13-9(11)2/h3-6,16H,7H2,1-2H3. The van der Waals surface area contributed by atoms with Crippen molar-refractivity contribution in [2.45, 2.75) is 20.5 Å². The van der Waals surface area contributed by atoms with Crippen molar-refractivity contribution >= 4 is 0 Å². The largest absolute Gasteiger partial charge is 0.422 e. The molecular weight excluding hydrogens is 218 g/mol. The van der Waals surface area contributed by atoms with Gasteiger partial charge in [0.1, 0.15) is 0 Å². The molecular formula is C12H13N3O2. The fraction of sp³-hybridized carbons (Fsp3) is 0.250. The van der Waals surface area contributed by atoms with E-state index in [4.69, 9.17) is 9.84 Å². The second kappa shape index (κ2) is 4.88. The molecule has 0 aliphatic carbocycles. The third kappa shape index (κ3) is 2.57. The van der Waals surface area contributed by atoms with Crippen molar-refractivity contribution < 1.29 is 9.84 Å². The van der Waals surface area contributed by atoms with Crippen molar-refractivity contribution in [3.8, 4) is 11.8 Å². The van der Waals surface area contributed by atoms with Crippen molar-refractivity contribution in [1.82, 2.24) is 15.0 Å². The van der Waals surface area contributed by atoms with Crippen LogP contribution in [-0.4, -0.2) is 20.1 Å². The lowest BCUT2D eigenvalue weighted by molar-refractivity contribution is 0.279. The Hall–Kier alpha value is -2.01. The van der Waals surface area contributed by atoms with E-state index in [1.807, 2.05) is 6.92 Å². The highest BCUT2D eigenvalue weighted by Gasteiger charge is 2.06. The minimum absolute atomic E-state index is 0.0714. The van der Waals surface area contributed by atoms with E-state index in [1.54, 1.807) is 31.5 Å². The van der Waals surface area contributed by atoms with E-state index in [9.17, 15) is 0 Å². The molecule has 2 rings (SSSR count). The van der Waals surface area contributed by atoms with Crippen molar-refractivity contribution in [3.63, 3.8) is 0 Å². The molecule has 0 atom stereocenters. The fourth-order valence-corrected chi connectivity index (χ4v) is 1.35. The Labute approximate surface area is 99.2 Å². The van der Waals surface area contributed by atoms with Gasteiger partial charge in [-0.2, -0.15) is 4.98 Å². The zero-order chi connectivity index (χ0) is 12.3. The molecule has 0 unspecified atom stereocenters. The summed E-state index contributed by atoms with van der Waals surface area (Å²) in [6.07, 6.45) is 3.26. The van der Waals surface area contributed by atoms with Gasteiger partial charge in [0, 0.05) is 18.0 Å². The van der Waals surface area contributed by atoms with Crippen molar-refractivity contribution in [1.29, 1.82) is 0 Å². The maximum atomic E-state index is 9.01. The summed E-state index contributed by atoms with van der Waals surface area (Å²) in [5.74, 6) is 0.628. The molecule has 88 valence electrons. The predicted octanol–water partition coefficient (Wildman–Crippen LogP) is 1.77. The molecule has 0 aliphatic rings. The van der Waals surface area contributed by atoms with Crippen LogP contribution in [0.3, 0.4) is 0 Å². The van der Waals surface area contributed by atoms with Crippen LogP contribution in [0.2, 0.25) is 0 Å². The number of aryl methyl sites for hydroxylation is 2. The normalized spacial score (nSPS) is 10.3. The molecule has 2 aromatic rings. The van der Waals surface area contributed by atoms with Gasteiger partial charge in [0.2, 0.25) is 0 Å². The van der Waals surface area contributed by atoms with Gasteiger partial charge in [-0.15, -0.1) is 0 Å². The molecule has 0 radical (unpaired) electrons. The summed E-state index contributed by atoms with van der Waals surface area (Å²) in [5, 5.41) is 9.01. The number of hydrogen-bond donors (Lipinski definition) is 1. The van der Waals surface area contributed by atoms with Gasteiger partial charge in [-0.1, -0.05) is 0 Å². The first-order chi connectivity index (χ1) is 8.20. The Morgan fingerprint density at radius 3 is 2.71 bits per heavy atom. The summed E-state index contributed by atoms with van der Waals surface area (Å²) in [7, 11) is 0. The topological polar surface area (TPSA) is 68.1 Å². The number of pyridine rings is 1. The minimum Gasteiger partial charge on any atom is -0.422 e. The van der Waals surface area contributed by atoms with Gasteiger partial charge in [0.05, 0.1) is 18.0 Å². The lowest BCUT2D eigenvalue weighted by Gasteiger charge is -2.07. The molecule has 0 amide bonds. The van der Waals surface area contributed by atoms with Crippen LogP contribution in [0.25, 0.3) is 0 Å². The van der Waals surface area contributed by atoms with Crippen LogP contribution >= 0.6 is 0 Å². The molecule has 2 aromatic heterocycles. The summed E-state index contributed by atoms with van der Waals surface area (Å²) >= 11 is 0. The Morgan fingerprint density at radius 2 is 2.06 bits per heavy atom. The second-order valence-electron chi connectivity index (χ2n) is 3.61. The first-order valence-corrected chi connectivity index (χ1v) is 5.23. The average molecular weight is 231 g/mol. The van der Waals surface area contributed by atoms with E-state index in [0.29, 0.717) is 17.0 Å². The Morgan fingerprint density at radius 1 is 1.24 bits per heavy atom. The molecule has 0 saturated carbocycles. The van der Waals surface area contributed by atoms with Gasteiger partial charge < -0.3 is 9.84 Å². The molecule has 0 fully saturated rings. The number of nitrogens with zero attached hydrogens (tertiary/aromatic N) is 3. The fourth-order valence-electron chi connectivity index (χ4n) is 1.35. The van der Waals surface area contributed by atoms with Crippen LogP contribution in [0.1, 0.15) is 17.0 Å². The predicted molar refractivity (Wildman–Crippen MR) is 61.7 cm³/mol. The first kappa shape index (κ1) is 11.5. The highest BCUT2D eigenvalue weighted by molar-refractivity contribution is 5.28. The third-order valence-corrected chi connectivity index (χ3v) is 2.39. The summed E-state index contributed by atoms with van der Waals surface area (Å²) in [5.41, 5.74) is 2.18. The smallest absolute Gasteiger partial charge is 0.322 e. The number of aliphatic hydroxyl groups is 1. The van der Waals surface area contributed by atoms with Crippen LogP contribution < -0.4 is 4.74 Å². The summed E-state index contributed by atoms with van der Waals surface area (Å²) in [4.78, 5) is 12.3. The summed E-state index contributed by atoms with van der Waals surface area (Å²) in [6.45, 7) is 3.58. The lowest BCUT2D eigenvalue weighted by Crippen LogP contribution is -1.99. The number of rotatable bonds is 3. The second-order valence-corrected chi connectivity index (χ2v) is 3.61. The zero-order valence-electron chi connectivity index (χ0n) is 9.71. The van der Waals surface area contributed by atoms with Crippen LogP contribution in [-0.2, 0) is 6.61 Å². The monoisotopic (exact) mass is 231 g/mol. The number of hydrogen-bond acceptors (Lipinski definition) is 5. The number of ether oxygens (including phenoxy) is 1. The first-order valence-electron chi connectivity index (χ1n) is 5.23. The summed E-state index contributed by atoms with van der Waals surface area (Å²) in [6, 6.07) is 3.86. The van der Waals surface area contributed by atoms with Crippen molar-refractivity contribution in [2.75, 3.05) is 0 Å². The van der Waals surface area contributed by atoms with Crippen molar-refractivity contribution in [2.24, 2.45) is 0 Å². The Bertz CT molecular complexity index is 529. The Balaban J connectivity index is 2.25. The number of aliphatic hydroxyl groups excluding tert-OH is 1. The Kier molecular flexibility index (Phi) is 3.30. The zero-order valence-corrected chi connectivity index (χ0v) is 9.71. The quantitative estimate of drug-likeness (QED) is 0.871. The van der Waals surface area contributed by atoms with E-state index in [-0.39, 0.29) is 12.6 Å². The molecule has 5 nitrogen and oxygen atoms in total. The van der Waals surface area contributed by atoms with Gasteiger partial charge in [-0.25, -0.2) is 4.98 Å². The van der Waals surface area contributed by atoms with Crippen LogP contribution in [0.15, 0.2) is 24.5 Å². The molecule has 0 saturated heterocycles. The molecule has 5 heteroatoms. The van der Waals surface area contributed by atoms with E-state index >= 15 is 0 Å². The van der Waals surface area contributed by atoms with Crippen LogP contribution in [0, 0.1) is 13.8 Å². The van der Waals surface area contributed by atoms with Gasteiger partial charge in [-0.3, -0.25) is 4.98 Å². The highest BCUT2D eigenvalue weighted by atomic mass is 16.5. The van der Waals surface area contributed by atoms with Crippen LogP contribution in [0.5, 0.6) is 11.8 Å². The highest BCUT2D eigenvalue weighted by Crippen LogP contribution is 2.20. The maximum absolute atomic E-state index is 9.01. The maximum Gasteiger partial charge on any atom is 0.322 e. The van der Waals surface area contributed by atoms with E-state index in [0.717, 1.165) is 5.69 Å². The number of aromatic nitrogens is 3. The molecule has 17 heavy (non-hydrogen) atoms. The van der Waals surface area contributed by atoms with Gasteiger partial charge >= 0.3 is 6.01 Å².